The van der Waals surface area contributed by atoms with Gasteiger partial charge in [0.1, 0.15) is 0 Å². The average Bonchev–Trinajstić information content (AvgIpc) is 2.73. The van der Waals surface area contributed by atoms with Gasteiger partial charge in [0.15, 0.2) is 0 Å². The number of carbonyl (C=O) groups excluding carboxylic acids is 2. The van der Waals surface area contributed by atoms with Crippen LogP contribution < -0.4 is 10.6 Å². The van der Waals surface area contributed by atoms with Gasteiger partial charge in [-0.25, -0.2) is 4.79 Å². The largest absolute Gasteiger partial charge is 0.346 e. The van der Waals surface area contributed by atoms with Crippen molar-refractivity contribution in [3.63, 3.8) is 0 Å². The lowest BCUT2D eigenvalue weighted by Gasteiger charge is -2.32. The van der Waals surface area contributed by atoms with Crippen molar-refractivity contribution in [2.24, 2.45) is 0 Å². The third-order valence-electron chi connectivity index (χ3n) is 5.78. The third kappa shape index (κ3) is 4.97. The number of carbonyl (C=O) groups is 2. The summed E-state index contributed by atoms with van der Waals surface area (Å²) < 4.78 is 0. The molecule has 5 nitrogen and oxygen atoms in total. The molecule has 154 valence electrons. The topological polar surface area (TPSA) is 61.4 Å². The second kappa shape index (κ2) is 9.12. The number of aryl methyl sites for hydroxylation is 2. The van der Waals surface area contributed by atoms with E-state index >= 15 is 0 Å². The highest BCUT2D eigenvalue weighted by atomic mass is 16.2. The molecule has 1 heterocycles. The van der Waals surface area contributed by atoms with E-state index in [1.54, 1.807) is 7.05 Å². The zero-order chi connectivity index (χ0) is 21.0. The molecule has 5 heteroatoms. The Kier molecular flexibility index (Phi) is 6.57. The lowest BCUT2D eigenvalue weighted by atomic mass is 9.89. The summed E-state index contributed by atoms with van der Waals surface area (Å²) in [6.45, 7) is 7.63. The Morgan fingerprint density at radius 2 is 1.93 bits per heavy atom. The first-order chi connectivity index (χ1) is 13.9. The molecule has 1 aliphatic heterocycles. The van der Waals surface area contributed by atoms with Crippen LogP contribution in [-0.2, 0) is 0 Å². The normalized spacial score (nSPS) is 17.5. The zero-order valence-electron chi connectivity index (χ0n) is 17.8. The van der Waals surface area contributed by atoms with E-state index in [1.807, 2.05) is 30.0 Å². The number of amides is 3. The van der Waals surface area contributed by atoms with Gasteiger partial charge >= 0.3 is 6.03 Å². The molecule has 1 fully saturated rings. The van der Waals surface area contributed by atoms with Crippen LogP contribution >= 0.6 is 0 Å². The molecule has 0 spiro atoms. The molecule has 1 saturated heterocycles. The smallest absolute Gasteiger partial charge is 0.317 e. The number of nitrogens with one attached hydrogen (secondary N) is 2. The minimum Gasteiger partial charge on any atom is -0.346 e. The van der Waals surface area contributed by atoms with Gasteiger partial charge in [-0.2, -0.15) is 0 Å². The number of piperidine rings is 1. The van der Waals surface area contributed by atoms with Crippen LogP contribution in [0.4, 0.5) is 4.79 Å². The number of urea groups is 1. The number of rotatable bonds is 4. The lowest BCUT2D eigenvalue weighted by molar-refractivity contribution is 0.0939. The number of benzene rings is 2. The van der Waals surface area contributed by atoms with Crippen molar-refractivity contribution in [2.75, 3.05) is 20.1 Å². The summed E-state index contributed by atoms with van der Waals surface area (Å²) in [7, 11) is 1.66. The van der Waals surface area contributed by atoms with Crippen LogP contribution in [0.25, 0.3) is 0 Å². The van der Waals surface area contributed by atoms with Gasteiger partial charge in [-0.3, -0.25) is 4.79 Å². The van der Waals surface area contributed by atoms with Crippen molar-refractivity contribution >= 4 is 11.9 Å². The van der Waals surface area contributed by atoms with E-state index in [2.05, 4.69) is 48.7 Å². The van der Waals surface area contributed by atoms with E-state index in [9.17, 15) is 9.59 Å². The van der Waals surface area contributed by atoms with E-state index in [0.29, 0.717) is 12.1 Å². The van der Waals surface area contributed by atoms with Gasteiger partial charge in [0, 0.05) is 31.6 Å². The summed E-state index contributed by atoms with van der Waals surface area (Å²) in [4.78, 5) is 26.7. The molecule has 2 aromatic rings. The van der Waals surface area contributed by atoms with Crippen LogP contribution in [0.1, 0.15) is 64.3 Å². The fraction of sp³-hybridized carbons (Fsp3) is 0.417. The Hall–Kier alpha value is -2.82. The van der Waals surface area contributed by atoms with Crippen molar-refractivity contribution in [1.82, 2.24) is 15.5 Å². The second-order valence-corrected chi connectivity index (χ2v) is 8.02. The molecule has 0 radical (unpaired) electrons. The highest BCUT2D eigenvalue weighted by molar-refractivity contribution is 5.94. The highest BCUT2D eigenvalue weighted by Gasteiger charge is 2.24. The number of nitrogens with zero attached hydrogens (tertiary/aromatic N) is 1. The standard InChI is InChI=1S/C24H31N3O2/c1-16-10-11-22(17(2)13-16)18(3)26-23(28)20-8-5-7-19(14-20)21-9-6-12-27(15-21)24(29)25-4/h5,7-8,10-11,13-14,18,21H,6,9,12,15H2,1-4H3,(H,25,29)(H,26,28). The zero-order valence-corrected chi connectivity index (χ0v) is 17.8. The average molecular weight is 394 g/mol. The number of hydrogen-bond donors (Lipinski definition) is 2. The Morgan fingerprint density at radius 3 is 2.66 bits per heavy atom. The van der Waals surface area contributed by atoms with Gasteiger partial charge in [-0.1, -0.05) is 35.9 Å². The second-order valence-electron chi connectivity index (χ2n) is 8.02. The van der Waals surface area contributed by atoms with Crippen LogP contribution in [0.15, 0.2) is 42.5 Å². The maximum atomic E-state index is 12.9. The summed E-state index contributed by atoms with van der Waals surface area (Å²) >= 11 is 0. The molecule has 0 bridgehead atoms. The van der Waals surface area contributed by atoms with Crippen molar-refractivity contribution < 1.29 is 9.59 Å². The molecular weight excluding hydrogens is 362 g/mol. The van der Waals surface area contributed by atoms with Crippen molar-refractivity contribution in [3.05, 3.63) is 70.3 Å². The summed E-state index contributed by atoms with van der Waals surface area (Å²) in [6.07, 6.45) is 2.00. The Balaban J connectivity index is 1.71. The molecule has 0 aliphatic carbocycles. The van der Waals surface area contributed by atoms with E-state index < -0.39 is 0 Å². The molecule has 29 heavy (non-hydrogen) atoms. The monoisotopic (exact) mass is 393 g/mol. The van der Waals surface area contributed by atoms with E-state index in [0.717, 1.165) is 30.5 Å². The Bertz CT molecular complexity index is 893. The first-order valence-corrected chi connectivity index (χ1v) is 10.3. The van der Waals surface area contributed by atoms with Crippen LogP contribution in [-0.4, -0.2) is 37.0 Å². The van der Waals surface area contributed by atoms with E-state index in [1.165, 1.54) is 11.1 Å². The Morgan fingerprint density at radius 1 is 1.14 bits per heavy atom. The summed E-state index contributed by atoms with van der Waals surface area (Å²) in [5.41, 5.74) is 5.31. The summed E-state index contributed by atoms with van der Waals surface area (Å²) in [6, 6.07) is 14.0. The highest BCUT2D eigenvalue weighted by Crippen LogP contribution is 2.28. The van der Waals surface area contributed by atoms with Gasteiger partial charge in [0.05, 0.1) is 6.04 Å². The fourth-order valence-electron chi connectivity index (χ4n) is 4.19. The minimum absolute atomic E-state index is 0.0362. The Labute approximate surface area is 173 Å². The quantitative estimate of drug-likeness (QED) is 0.813. The van der Waals surface area contributed by atoms with Gasteiger partial charge in [0.2, 0.25) is 0 Å². The van der Waals surface area contributed by atoms with Gasteiger partial charge in [-0.05, 0) is 62.4 Å². The molecule has 2 atom stereocenters. The SMILES string of the molecule is CNC(=O)N1CCCC(c2cccc(C(=O)NC(C)c3ccc(C)cc3C)c2)C1. The fourth-order valence-corrected chi connectivity index (χ4v) is 4.19. The van der Waals surface area contributed by atoms with Gasteiger partial charge in [0.25, 0.3) is 5.91 Å². The lowest BCUT2D eigenvalue weighted by Crippen LogP contribution is -2.43. The van der Waals surface area contributed by atoms with Crippen molar-refractivity contribution in [1.29, 1.82) is 0 Å². The van der Waals surface area contributed by atoms with Crippen LogP contribution in [0.3, 0.4) is 0 Å². The van der Waals surface area contributed by atoms with Crippen molar-refractivity contribution in [3.8, 4) is 0 Å². The number of likely N-dealkylation sites (tertiary alicyclic amines) is 1. The van der Waals surface area contributed by atoms with Crippen LogP contribution in [0.2, 0.25) is 0 Å². The minimum atomic E-state index is -0.0710. The van der Waals surface area contributed by atoms with E-state index in [4.69, 9.17) is 0 Å². The first kappa shape index (κ1) is 20.9. The molecule has 2 unspecified atom stereocenters. The molecule has 3 rings (SSSR count). The number of hydrogen-bond acceptors (Lipinski definition) is 2. The predicted molar refractivity (Wildman–Crippen MR) is 116 cm³/mol. The summed E-state index contributed by atoms with van der Waals surface area (Å²) in [5, 5.41) is 5.83. The van der Waals surface area contributed by atoms with Crippen LogP contribution in [0.5, 0.6) is 0 Å². The van der Waals surface area contributed by atoms with E-state index in [-0.39, 0.29) is 23.9 Å². The van der Waals surface area contributed by atoms with Crippen molar-refractivity contribution in [2.45, 2.75) is 45.6 Å². The summed E-state index contributed by atoms with van der Waals surface area (Å²) in [5.74, 6) is 0.184. The molecular formula is C24H31N3O2. The molecule has 0 aromatic heterocycles. The third-order valence-corrected chi connectivity index (χ3v) is 5.78. The van der Waals surface area contributed by atoms with Crippen LogP contribution in [0, 0.1) is 13.8 Å². The maximum absolute atomic E-state index is 12.9. The first-order valence-electron chi connectivity index (χ1n) is 10.3. The maximum Gasteiger partial charge on any atom is 0.317 e. The molecule has 3 amide bonds. The molecule has 1 aliphatic rings. The van der Waals surface area contributed by atoms with Gasteiger partial charge < -0.3 is 15.5 Å². The van der Waals surface area contributed by atoms with Gasteiger partial charge in [-0.15, -0.1) is 0 Å². The predicted octanol–water partition coefficient (Wildman–Crippen LogP) is 4.31. The molecule has 2 aromatic carbocycles. The molecule has 2 N–H and O–H groups in total. The molecule has 0 saturated carbocycles.